The summed E-state index contributed by atoms with van der Waals surface area (Å²) in [6, 6.07) is 17.8. The Hall–Kier alpha value is -3.96. The number of hydrogen-bond acceptors (Lipinski definition) is 5. The van der Waals surface area contributed by atoms with E-state index in [0.717, 1.165) is 16.5 Å². The van der Waals surface area contributed by atoms with Crippen molar-refractivity contribution in [2.24, 2.45) is 0 Å². The molecule has 3 aromatic rings. The van der Waals surface area contributed by atoms with Crippen molar-refractivity contribution in [1.29, 1.82) is 0 Å². The van der Waals surface area contributed by atoms with E-state index in [4.69, 9.17) is 0 Å². The summed E-state index contributed by atoms with van der Waals surface area (Å²) in [5, 5.41) is -0.649. The summed E-state index contributed by atoms with van der Waals surface area (Å²) in [6.07, 6.45) is -3.12. The second-order valence-electron chi connectivity index (χ2n) is 9.74. The quantitative estimate of drug-likeness (QED) is 0.262. The van der Waals surface area contributed by atoms with Crippen molar-refractivity contribution in [2.45, 2.75) is 19.3 Å². The summed E-state index contributed by atoms with van der Waals surface area (Å²) in [5.41, 5.74) is 1.00. The Morgan fingerprint density at radius 1 is 0.854 bits per heavy atom. The number of halogens is 4. The minimum absolute atomic E-state index is 0.0934. The van der Waals surface area contributed by atoms with Crippen LogP contribution in [0.3, 0.4) is 0 Å². The molecule has 3 amide bonds. The van der Waals surface area contributed by atoms with E-state index in [1.165, 1.54) is 36.4 Å². The number of thioether (sulfide) groups is 1. The van der Waals surface area contributed by atoms with E-state index in [-0.39, 0.29) is 22.2 Å². The van der Waals surface area contributed by atoms with Gasteiger partial charge in [-0.2, -0.15) is 13.2 Å². The molecule has 5 rings (SSSR count). The van der Waals surface area contributed by atoms with Crippen molar-refractivity contribution < 1.29 is 31.9 Å². The molecule has 2 aliphatic rings. The molecule has 0 radical (unpaired) electrons. The van der Waals surface area contributed by atoms with Crippen molar-refractivity contribution in [3.63, 3.8) is 0 Å². The maximum atomic E-state index is 13.4. The third-order valence-corrected chi connectivity index (χ3v) is 7.87. The molecule has 0 atom stereocenters. The summed E-state index contributed by atoms with van der Waals surface area (Å²) in [5.74, 6) is -1.07. The van der Waals surface area contributed by atoms with Crippen LogP contribution in [0.25, 0.3) is 6.08 Å². The number of piperazine rings is 1. The van der Waals surface area contributed by atoms with E-state index in [1.807, 2.05) is 0 Å². The number of amides is 3. The second kappa shape index (κ2) is 11.9. The Labute approximate surface area is 238 Å². The monoisotopic (exact) mass is 583 g/mol. The van der Waals surface area contributed by atoms with Gasteiger partial charge in [0.05, 0.1) is 17.0 Å². The van der Waals surface area contributed by atoms with E-state index < -0.39 is 29.4 Å². The zero-order chi connectivity index (χ0) is 29.1. The molecule has 0 bridgehead atoms. The van der Waals surface area contributed by atoms with Gasteiger partial charge in [-0.3, -0.25) is 24.2 Å². The van der Waals surface area contributed by atoms with Gasteiger partial charge in [0.2, 0.25) is 0 Å². The standard InChI is InChI=1S/C30H25F4N3O3S/c31-24-11-7-21(8-12-24)18-35-13-15-36(16-14-35)27(38)22-9-5-20(6-10-22)17-26-28(39)37(29(40)41-26)19-23-3-1-2-4-25(23)30(32,33)34/h1-12,17H,13-16,18-19H2/b26-17-. The van der Waals surface area contributed by atoms with E-state index in [1.54, 1.807) is 41.3 Å². The van der Waals surface area contributed by atoms with Crippen molar-refractivity contribution in [1.82, 2.24) is 14.7 Å². The minimum Gasteiger partial charge on any atom is -0.336 e. The highest BCUT2D eigenvalue weighted by molar-refractivity contribution is 8.18. The highest BCUT2D eigenvalue weighted by Gasteiger charge is 2.38. The van der Waals surface area contributed by atoms with E-state index >= 15 is 0 Å². The molecule has 6 nitrogen and oxygen atoms in total. The molecule has 3 aromatic carbocycles. The van der Waals surface area contributed by atoms with E-state index in [0.29, 0.717) is 55.6 Å². The molecule has 212 valence electrons. The normalized spacial score (nSPS) is 17.5. The number of rotatable bonds is 6. The van der Waals surface area contributed by atoms with Gasteiger partial charge < -0.3 is 4.90 Å². The van der Waals surface area contributed by atoms with Gasteiger partial charge in [-0.15, -0.1) is 0 Å². The molecular weight excluding hydrogens is 558 g/mol. The van der Waals surface area contributed by atoms with Crippen molar-refractivity contribution in [3.05, 3.63) is 111 Å². The lowest BCUT2D eigenvalue weighted by molar-refractivity contribution is -0.139. The topological polar surface area (TPSA) is 60.9 Å². The Morgan fingerprint density at radius 2 is 1.51 bits per heavy atom. The summed E-state index contributed by atoms with van der Waals surface area (Å²) >= 11 is 0.663. The fourth-order valence-electron chi connectivity index (χ4n) is 4.75. The smallest absolute Gasteiger partial charge is 0.336 e. The van der Waals surface area contributed by atoms with Crippen molar-refractivity contribution >= 4 is 34.9 Å². The summed E-state index contributed by atoms with van der Waals surface area (Å²) in [4.78, 5) is 43.3. The summed E-state index contributed by atoms with van der Waals surface area (Å²) < 4.78 is 53.2. The van der Waals surface area contributed by atoms with Gasteiger partial charge in [-0.1, -0.05) is 42.5 Å². The molecule has 0 N–H and O–H groups in total. The van der Waals surface area contributed by atoms with Crippen LogP contribution in [0.4, 0.5) is 22.4 Å². The van der Waals surface area contributed by atoms with Gasteiger partial charge in [-0.05, 0) is 64.9 Å². The first-order valence-corrected chi connectivity index (χ1v) is 13.7. The zero-order valence-corrected chi connectivity index (χ0v) is 22.6. The van der Waals surface area contributed by atoms with Crippen LogP contribution >= 0.6 is 11.8 Å². The lowest BCUT2D eigenvalue weighted by Crippen LogP contribution is -2.48. The minimum atomic E-state index is -4.61. The van der Waals surface area contributed by atoms with E-state index in [2.05, 4.69) is 4.90 Å². The van der Waals surface area contributed by atoms with Gasteiger partial charge in [-0.25, -0.2) is 4.39 Å². The van der Waals surface area contributed by atoms with Crippen LogP contribution < -0.4 is 0 Å². The molecule has 0 unspecified atom stereocenters. The Balaban J connectivity index is 1.19. The molecule has 0 saturated carbocycles. The molecule has 0 spiro atoms. The highest BCUT2D eigenvalue weighted by atomic mass is 32.2. The van der Waals surface area contributed by atoms with Crippen LogP contribution in [0.2, 0.25) is 0 Å². The molecule has 2 fully saturated rings. The van der Waals surface area contributed by atoms with Gasteiger partial charge in [0.1, 0.15) is 5.82 Å². The number of imide groups is 1. The Kier molecular flexibility index (Phi) is 8.27. The third-order valence-electron chi connectivity index (χ3n) is 6.96. The molecule has 0 aromatic heterocycles. The van der Waals surface area contributed by atoms with Crippen LogP contribution in [0, 0.1) is 5.82 Å². The Bertz CT molecular complexity index is 1480. The largest absolute Gasteiger partial charge is 0.416 e. The average molecular weight is 584 g/mol. The van der Waals surface area contributed by atoms with Crippen LogP contribution in [-0.2, 0) is 24.1 Å². The number of nitrogens with zero attached hydrogens (tertiary/aromatic N) is 3. The first-order chi connectivity index (χ1) is 19.6. The summed E-state index contributed by atoms with van der Waals surface area (Å²) in [7, 11) is 0. The number of hydrogen-bond donors (Lipinski definition) is 0. The predicted octanol–water partition coefficient (Wildman–Crippen LogP) is 6.04. The average Bonchev–Trinajstić information content (AvgIpc) is 3.21. The Morgan fingerprint density at radius 3 is 2.17 bits per heavy atom. The van der Waals surface area contributed by atoms with Crippen LogP contribution in [0.15, 0.2) is 77.7 Å². The van der Waals surface area contributed by atoms with Crippen molar-refractivity contribution in [3.8, 4) is 0 Å². The predicted molar refractivity (Wildman–Crippen MR) is 147 cm³/mol. The van der Waals surface area contributed by atoms with Gasteiger partial charge in [0.25, 0.3) is 17.1 Å². The first kappa shape index (κ1) is 28.6. The number of carbonyl (C=O) groups is 3. The number of carbonyl (C=O) groups excluding carboxylic acids is 3. The van der Waals surface area contributed by atoms with Gasteiger partial charge in [0, 0.05) is 38.3 Å². The molecular formula is C30H25F4N3O3S. The lowest BCUT2D eigenvalue weighted by atomic mass is 10.1. The fourth-order valence-corrected chi connectivity index (χ4v) is 5.59. The fraction of sp³-hybridized carbons (Fsp3) is 0.233. The van der Waals surface area contributed by atoms with Gasteiger partial charge >= 0.3 is 6.18 Å². The molecule has 0 aliphatic carbocycles. The highest BCUT2D eigenvalue weighted by Crippen LogP contribution is 2.36. The maximum Gasteiger partial charge on any atom is 0.416 e. The molecule has 41 heavy (non-hydrogen) atoms. The number of benzene rings is 3. The SMILES string of the molecule is O=C(c1ccc(/C=C2\SC(=O)N(Cc3ccccc3C(F)(F)F)C2=O)cc1)N1CCN(Cc2ccc(F)cc2)CC1. The molecule has 2 aliphatic heterocycles. The zero-order valence-electron chi connectivity index (χ0n) is 21.7. The van der Waals surface area contributed by atoms with Crippen LogP contribution in [0.1, 0.15) is 32.6 Å². The first-order valence-electron chi connectivity index (χ1n) is 12.8. The van der Waals surface area contributed by atoms with Gasteiger partial charge in [0.15, 0.2) is 0 Å². The number of alkyl halides is 3. The summed E-state index contributed by atoms with van der Waals surface area (Å²) in [6.45, 7) is 2.66. The molecule has 2 saturated heterocycles. The van der Waals surface area contributed by atoms with E-state index in [9.17, 15) is 31.9 Å². The van der Waals surface area contributed by atoms with Crippen molar-refractivity contribution in [2.75, 3.05) is 26.2 Å². The second-order valence-corrected chi connectivity index (χ2v) is 10.7. The maximum absolute atomic E-state index is 13.4. The van der Waals surface area contributed by atoms with Crippen LogP contribution in [-0.4, -0.2) is 57.9 Å². The van der Waals surface area contributed by atoms with Crippen LogP contribution in [0.5, 0.6) is 0 Å². The molecule has 2 heterocycles. The molecule has 11 heteroatoms. The third kappa shape index (κ3) is 6.68. The lowest BCUT2D eigenvalue weighted by Gasteiger charge is -2.34.